The highest BCUT2D eigenvalue weighted by molar-refractivity contribution is 6.30. The van der Waals surface area contributed by atoms with E-state index in [4.69, 9.17) is 21.1 Å². The molecular formula is C18H26ClNO3. The zero-order chi connectivity index (χ0) is 16.1. The molecule has 2 aliphatic rings. The Morgan fingerprint density at radius 1 is 1.22 bits per heavy atom. The molecular weight excluding hydrogens is 314 g/mol. The largest absolute Gasteiger partial charge is 0.387 e. The fraction of sp³-hybridized carbons (Fsp3) is 0.667. The molecule has 0 bridgehead atoms. The summed E-state index contributed by atoms with van der Waals surface area (Å²) < 4.78 is 11.5. The van der Waals surface area contributed by atoms with Gasteiger partial charge in [0.05, 0.1) is 18.8 Å². The van der Waals surface area contributed by atoms with E-state index in [1.165, 1.54) is 6.42 Å². The number of ether oxygens (including phenoxy) is 2. The van der Waals surface area contributed by atoms with Crippen molar-refractivity contribution in [3.05, 3.63) is 34.9 Å². The molecule has 1 aromatic carbocycles. The van der Waals surface area contributed by atoms with Gasteiger partial charge in [-0.1, -0.05) is 23.7 Å². The van der Waals surface area contributed by atoms with E-state index in [1.54, 1.807) is 12.1 Å². The Morgan fingerprint density at radius 2 is 1.96 bits per heavy atom. The Kier molecular flexibility index (Phi) is 5.94. The van der Waals surface area contributed by atoms with Gasteiger partial charge in [0, 0.05) is 31.3 Å². The summed E-state index contributed by atoms with van der Waals surface area (Å²) in [5, 5.41) is 14.2. The molecule has 4 nitrogen and oxygen atoms in total. The second-order valence-electron chi connectivity index (χ2n) is 6.81. The van der Waals surface area contributed by atoms with Crippen LogP contribution in [0.2, 0.25) is 5.02 Å². The van der Waals surface area contributed by atoms with E-state index < -0.39 is 6.10 Å². The van der Waals surface area contributed by atoms with Gasteiger partial charge in [0.2, 0.25) is 0 Å². The molecule has 2 N–H and O–H groups in total. The molecule has 3 rings (SSSR count). The van der Waals surface area contributed by atoms with Crippen LogP contribution in [0.5, 0.6) is 0 Å². The Labute approximate surface area is 143 Å². The number of halogens is 1. The van der Waals surface area contributed by atoms with Crippen LogP contribution >= 0.6 is 11.6 Å². The first-order valence-corrected chi connectivity index (χ1v) is 8.88. The Bertz CT molecular complexity index is 478. The zero-order valence-corrected chi connectivity index (χ0v) is 14.2. The van der Waals surface area contributed by atoms with Crippen molar-refractivity contribution in [1.29, 1.82) is 0 Å². The van der Waals surface area contributed by atoms with E-state index in [2.05, 4.69) is 5.32 Å². The minimum atomic E-state index is -0.516. The van der Waals surface area contributed by atoms with Crippen molar-refractivity contribution >= 4 is 11.6 Å². The maximum Gasteiger partial charge on any atom is 0.0914 e. The Morgan fingerprint density at radius 3 is 2.61 bits per heavy atom. The van der Waals surface area contributed by atoms with Gasteiger partial charge in [-0.25, -0.2) is 0 Å². The lowest BCUT2D eigenvalue weighted by atomic mass is 9.75. The highest BCUT2D eigenvalue weighted by Gasteiger charge is 2.37. The first-order valence-electron chi connectivity index (χ1n) is 8.51. The lowest BCUT2D eigenvalue weighted by Gasteiger charge is -2.42. The second-order valence-corrected chi connectivity index (χ2v) is 7.25. The van der Waals surface area contributed by atoms with Crippen LogP contribution in [-0.4, -0.2) is 44.1 Å². The minimum absolute atomic E-state index is 0.251. The van der Waals surface area contributed by atoms with E-state index in [0.717, 1.165) is 51.2 Å². The van der Waals surface area contributed by atoms with Crippen molar-refractivity contribution in [2.45, 2.75) is 37.9 Å². The van der Waals surface area contributed by atoms with Gasteiger partial charge in [0.15, 0.2) is 0 Å². The average molecular weight is 340 g/mol. The maximum absolute atomic E-state index is 10.2. The quantitative estimate of drug-likeness (QED) is 0.866. The molecule has 2 saturated heterocycles. The maximum atomic E-state index is 10.2. The number of benzene rings is 1. The Hall–Kier alpha value is -0.650. The number of nitrogens with one attached hydrogen (secondary N) is 1. The molecule has 1 aromatic rings. The third-order valence-corrected chi connectivity index (χ3v) is 5.39. The number of aliphatic hydroxyl groups is 1. The summed E-state index contributed by atoms with van der Waals surface area (Å²) >= 11 is 5.86. The van der Waals surface area contributed by atoms with Gasteiger partial charge in [-0.05, 0) is 48.8 Å². The highest BCUT2D eigenvalue weighted by atomic mass is 35.5. The van der Waals surface area contributed by atoms with Crippen molar-refractivity contribution < 1.29 is 14.6 Å². The van der Waals surface area contributed by atoms with E-state index in [9.17, 15) is 5.11 Å². The molecule has 1 spiro atoms. The lowest BCUT2D eigenvalue weighted by Crippen LogP contribution is -2.43. The molecule has 0 aliphatic carbocycles. The number of rotatable bonds is 5. The molecule has 0 saturated carbocycles. The first kappa shape index (κ1) is 17.2. The normalized spacial score (nSPS) is 25.4. The third-order valence-electron chi connectivity index (χ3n) is 5.14. The summed E-state index contributed by atoms with van der Waals surface area (Å²) in [6.07, 6.45) is 4.30. The van der Waals surface area contributed by atoms with Gasteiger partial charge >= 0.3 is 0 Å². The van der Waals surface area contributed by atoms with Gasteiger partial charge in [-0.15, -0.1) is 0 Å². The van der Waals surface area contributed by atoms with Crippen molar-refractivity contribution in [3.8, 4) is 0 Å². The molecule has 2 heterocycles. The summed E-state index contributed by atoms with van der Waals surface area (Å²) in [5.74, 6) is 0. The summed E-state index contributed by atoms with van der Waals surface area (Å²) in [6.45, 7) is 3.92. The van der Waals surface area contributed by atoms with Gasteiger partial charge in [0.1, 0.15) is 0 Å². The first-order chi connectivity index (χ1) is 11.2. The molecule has 128 valence electrons. The summed E-state index contributed by atoms with van der Waals surface area (Å²) in [4.78, 5) is 0. The topological polar surface area (TPSA) is 50.7 Å². The van der Waals surface area contributed by atoms with Crippen LogP contribution in [-0.2, 0) is 9.47 Å². The fourth-order valence-corrected chi connectivity index (χ4v) is 3.59. The van der Waals surface area contributed by atoms with Crippen LogP contribution in [0.15, 0.2) is 24.3 Å². The molecule has 1 unspecified atom stereocenters. The van der Waals surface area contributed by atoms with E-state index in [-0.39, 0.29) is 6.10 Å². The van der Waals surface area contributed by atoms with Crippen LogP contribution in [0.25, 0.3) is 0 Å². The van der Waals surface area contributed by atoms with Crippen LogP contribution < -0.4 is 5.32 Å². The summed E-state index contributed by atoms with van der Waals surface area (Å²) in [6, 6.07) is 7.33. The number of hydrogen-bond acceptors (Lipinski definition) is 4. The second kappa shape index (κ2) is 7.95. The van der Waals surface area contributed by atoms with Crippen molar-refractivity contribution in [2.75, 3.05) is 32.9 Å². The predicted octanol–water partition coefficient (Wildman–Crippen LogP) is 2.94. The van der Waals surface area contributed by atoms with Crippen LogP contribution in [0, 0.1) is 5.41 Å². The average Bonchev–Trinajstić information content (AvgIpc) is 2.58. The SMILES string of the molecule is O[C@@H](CNCC1CCC2(CCOCC2)CO1)c1ccc(Cl)cc1. The van der Waals surface area contributed by atoms with Gasteiger partial charge in [-0.2, -0.15) is 0 Å². The molecule has 2 atom stereocenters. The molecule has 5 heteroatoms. The van der Waals surface area contributed by atoms with Crippen molar-refractivity contribution in [3.63, 3.8) is 0 Å². The molecule has 2 aliphatic heterocycles. The predicted molar refractivity (Wildman–Crippen MR) is 90.7 cm³/mol. The summed E-state index contributed by atoms with van der Waals surface area (Å²) in [5.41, 5.74) is 1.24. The zero-order valence-electron chi connectivity index (χ0n) is 13.5. The van der Waals surface area contributed by atoms with E-state index in [1.807, 2.05) is 12.1 Å². The lowest BCUT2D eigenvalue weighted by molar-refractivity contribution is -0.104. The summed E-state index contributed by atoms with van der Waals surface area (Å²) in [7, 11) is 0. The van der Waals surface area contributed by atoms with Crippen LogP contribution in [0.3, 0.4) is 0 Å². The van der Waals surface area contributed by atoms with Crippen LogP contribution in [0.4, 0.5) is 0 Å². The van der Waals surface area contributed by atoms with Gasteiger partial charge in [-0.3, -0.25) is 0 Å². The molecule has 0 aromatic heterocycles. The van der Waals surface area contributed by atoms with Crippen molar-refractivity contribution in [2.24, 2.45) is 5.41 Å². The molecule has 23 heavy (non-hydrogen) atoms. The van der Waals surface area contributed by atoms with Gasteiger partial charge in [0.25, 0.3) is 0 Å². The minimum Gasteiger partial charge on any atom is -0.387 e. The van der Waals surface area contributed by atoms with E-state index >= 15 is 0 Å². The van der Waals surface area contributed by atoms with Crippen LogP contribution in [0.1, 0.15) is 37.4 Å². The van der Waals surface area contributed by atoms with Crippen molar-refractivity contribution in [1.82, 2.24) is 5.32 Å². The fourth-order valence-electron chi connectivity index (χ4n) is 3.46. The highest BCUT2D eigenvalue weighted by Crippen LogP contribution is 2.39. The number of aliphatic hydroxyl groups excluding tert-OH is 1. The standard InChI is InChI=1S/C18H26ClNO3/c19-15-3-1-14(2-4-15)17(21)12-20-11-16-5-6-18(13-23-16)7-9-22-10-8-18/h1-4,16-17,20-21H,5-13H2/t16?,17-/m0/s1. The van der Waals surface area contributed by atoms with E-state index in [0.29, 0.717) is 17.0 Å². The number of hydrogen-bond donors (Lipinski definition) is 2. The molecule has 2 fully saturated rings. The molecule has 0 amide bonds. The third kappa shape index (κ3) is 4.68. The smallest absolute Gasteiger partial charge is 0.0914 e. The molecule has 0 radical (unpaired) electrons. The monoisotopic (exact) mass is 339 g/mol. The Balaban J connectivity index is 1.37. The van der Waals surface area contributed by atoms with Gasteiger partial charge < -0.3 is 19.9 Å².